The van der Waals surface area contributed by atoms with Crippen LogP contribution < -0.4 is 0 Å². The topological polar surface area (TPSA) is 75.4 Å². The zero-order chi connectivity index (χ0) is 13.5. The molecule has 0 aromatic carbocycles. The van der Waals surface area contributed by atoms with E-state index in [1.807, 2.05) is 0 Å². The van der Waals surface area contributed by atoms with Crippen molar-refractivity contribution in [3.05, 3.63) is 17.7 Å². The first-order valence-electron chi connectivity index (χ1n) is 4.94. The Kier molecular flexibility index (Phi) is 2.76. The molecule has 0 bridgehead atoms. The Morgan fingerprint density at radius 2 is 2.00 bits per heavy atom. The number of hydrogen-bond donors (Lipinski definition) is 1. The van der Waals surface area contributed by atoms with E-state index in [9.17, 15) is 22.8 Å². The molecule has 0 unspecified atom stereocenters. The molecular weight excluding hydrogens is 255 g/mol. The number of rotatable bonds is 1. The Labute approximate surface area is 98.6 Å². The van der Waals surface area contributed by atoms with Crippen molar-refractivity contribution in [1.82, 2.24) is 14.5 Å². The fourth-order valence-corrected chi connectivity index (χ4v) is 1.78. The number of carboxylic acids is 1. The van der Waals surface area contributed by atoms with Crippen LogP contribution >= 0.6 is 0 Å². The van der Waals surface area contributed by atoms with Crippen molar-refractivity contribution in [2.45, 2.75) is 19.3 Å². The minimum atomic E-state index is -4.93. The maximum atomic E-state index is 12.2. The summed E-state index contributed by atoms with van der Waals surface area (Å²) >= 11 is 0. The van der Waals surface area contributed by atoms with Gasteiger partial charge in [0.05, 0.1) is 12.7 Å². The van der Waals surface area contributed by atoms with Crippen molar-refractivity contribution >= 4 is 11.9 Å². The highest BCUT2D eigenvalue weighted by Crippen LogP contribution is 2.22. The van der Waals surface area contributed by atoms with E-state index in [0.717, 1.165) is 6.20 Å². The molecule has 1 N–H and O–H groups in total. The number of halogens is 3. The summed E-state index contributed by atoms with van der Waals surface area (Å²) in [6.07, 6.45) is -3.86. The van der Waals surface area contributed by atoms with E-state index in [1.54, 1.807) is 0 Å². The molecule has 1 aliphatic rings. The van der Waals surface area contributed by atoms with Crippen LogP contribution in [0.5, 0.6) is 0 Å². The molecule has 1 amide bonds. The Balaban J connectivity index is 2.22. The fourth-order valence-electron chi connectivity index (χ4n) is 1.78. The van der Waals surface area contributed by atoms with E-state index in [-0.39, 0.29) is 31.2 Å². The predicted molar refractivity (Wildman–Crippen MR) is 50.7 cm³/mol. The van der Waals surface area contributed by atoms with E-state index in [1.165, 1.54) is 4.57 Å². The third kappa shape index (κ3) is 2.03. The summed E-state index contributed by atoms with van der Waals surface area (Å²) < 4.78 is 38.0. The molecule has 0 saturated heterocycles. The van der Waals surface area contributed by atoms with E-state index >= 15 is 0 Å². The maximum absolute atomic E-state index is 12.2. The number of carboxylic acid groups (broad SMARTS) is 1. The van der Waals surface area contributed by atoms with Crippen LogP contribution in [0.25, 0.3) is 0 Å². The highest BCUT2D eigenvalue weighted by atomic mass is 19.4. The summed E-state index contributed by atoms with van der Waals surface area (Å²) in [6, 6.07) is 0. The van der Waals surface area contributed by atoms with Gasteiger partial charge in [0.2, 0.25) is 0 Å². The van der Waals surface area contributed by atoms with Crippen LogP contribution in [0.15, 0.2) is 6.20 Å². The van der Waals surface area contributed by atoms with Crippen molar-refractivity contribution in [3.63, 3.8) is 0 Å². The molecule has 2 heterocycles. The Hall–Kier alpha value is -2.06. The lowest BCUT2D eigenvalue weighted by Gasteiger charge is -2.28. The van der Waals surface area contributed by atoms with Crippen LogP contribution in [0.2, 0.25) is 0 Å². The summed E-state index contributed by atoms with van der Waals surface area (Å²) in [6.45, 7) is -0.549. The molecule has 6 nitrogen and oxygen atoms in total. The number of hydrogen-bond acceptors (Lipinski definition) is 3. The van der Waals surface area contributed by atoms with Crippen LogP contribution in [0.3, 0.4) is 0 Å². The average molecular weight is 263 g/mol. The molecule has 98 valence electrons. The van der Waals surface area contributed by atoms with Crippen LogP contribution in [0.1, 0.15) is 16.3 Å². The molecule has 1 aromatic heterocycles. The monoisotopic (exact) mass is 263 g/mol. The summed E-state index contributed by atoms with van der Waals surface area (Å²) in [5.74, 6) is -3.01. The van der Waals surface area contributed by atoms with Crippen LogP contribution in [0, 0.1) is 0 Å². The van der Waals surface area contributed by atoms with E-state index < -0.39 is 18.1 Å². The van der Waals surface area contributed by atoms with E-state index in [2.05, 4.69) is 4.98 Å². The Bertz CT molecular complexity index is 509. The second kappa shape index (κ2) is 4.00. The van der Waals surface area contributed by atoms with Crippen LogP contribution in [0.4, 0.5) is 13.2 Å². The van der Waals surface area contributed by atoms with Crippen LogP contribution in [-0.2, 0) is 17.9 Å². The number of carbonyl (C=O) groups excluding carboxylic acids is 1. The number of nitrogens with zero attached hydrogens (tertiary/aromatic N) is 3. The molecule has 0 atom stereocenters. The maximum Gasteiger partial charge on any atom is 0.471 e. The first-order chi connectivity index (χ1) is 8.30. The number of imidazole rings is 1. The number of aromatic nitrogens is 2. The first kappa shape index (κ1) is 12.4. The van der Waals surface area contributed by atoms with Gasteiger partial charge in [0.15, 0.2) is 0 Å². The third-order valence-electron chi connectivity index (χ3n) is 2.61. The number of fused-ring (bicyclic) bond motifs is 1. The molecule has 0 aliphatic carbocycles. The molecule has 1 aromatic rings. The minimum Gasteiger partial charge on any atom is -0.477 e. The standard InChI is InChI=1S/C9H8F3N3O3/c10-9(11,12)8(18)14-1-2-15-5(7(16)17)3-13-6(15)4-14/h3H,1-2,4H2,(H,16,17). The number of amides is 1. The summed E-state index contributed by atoms with van der Waals surface area (Å²) in [5.41, 5.74) is -0.0934. The minimum absolute atomic E-state index is 0.0151. The number of aromatic carboxylic acids is 1. The summed E-state index contributed by atoms with van der Waals surface area (Å²) in [5, 5.41) is 8.81. The lowest BCUT2D eigenvalue weighted by molar-refractivity contribution is -0.187. The SMILES string of the molecule is O=C(O)c1cnc2n1CCN(C(=O)C(F)(F)F)C2. The van der Waals surface area contributed by atoms with Gasteiger partial charge in [-0.3, -0.25) is 4.79 Å². The molecule has 9 heteroatoms. The quantitative estimate of drug-likeness (QED) is 0.799. The Morgan fingerprint density at radius 3 is 2.56 bits per heavy atom. The first-order valence-corrected chi connectivity index (χ1v) is 4.94. The van der Waals surface area contributed by atoms with E-state index in [0.29, 0.717) is 4.90 Å². The highest BCUT2D eigenvalue weighted by Gasteiger charge is 2.43. The highest BCUT2D eigenvalue weighted by molar-refractivity contribution is 5.86. The number of alkyl halides is 3. The van der Waals surface area contributed by atoms with Gasteiger partial charge < -0.3 is 14.6 Å². The van der Waals surface area contributed by atoms with Gasteiger partial charge in [-0.1, -0.05) is 0 Å². The third-order valence-corrected chi connectivity index (χ3v) is 2.61. The summed E-state index contributed by atoms with van der Waals surface area (Å²) in [7, 11) is 0. The van der Waals surface area contributed by atoms with Crippen molar-refractivity contribution in [2.24, 2.45) is 0 Å². The molecule has 18 heavy (non-hydrogen) atoms. The largest absolute Gasteiger partial charge is 0.477 e. The smallest absolute Gasteiger partial charge is 0.471 e. The average Bonchev–Trinajstić information content (AvgIpc) is 2.69. The Morgan fingerprint density at radius 1 is 1.33 bits per heavy atom. The molecule has 0 radical (unpaired) electrons. The molecule has 2 rings (SSSR count). The lowest BCUT2D eigenvalue weighted by atomic mass is 10.3. The predicted octanol–water partition coefficient (Wildman–Crippen LogP) is 0.486. The van der Waals surface area contributed by atoms with Gasteiger partial charge in [0.1, 0.15) is 11.5 Å². The van der Waals surface area contributed by atoms with Gasteiger partial charge in [-0.25, -0.2) is 9.78 Å². The van der Waals surface area contributed by atoms with Crippen molar-refractivity contribution in [3.8, 4) is 0 Å². The van der Waals surface area contributed by atoms with Crippen molar-refractivity contribution < 1.29 is 27.9 Å². The van der Waals surface area contributed by atoms with Gasteiger partial charge in [-0.2, -0.15) is 13.2 Å². The number of carbonyl (C=O) groups is 2. The molecular formula is C9H8F3N3O3. The zero-order valence-corrected chi connectivity index (χ0v) is 8.94. The molecule has 1 aliphatic heterocycles. The normalized spacial score (nSPS) is 15.4. The second-order valence-corrected chi connectivity index (χ2v) is 3.74. The zero-order valence-electron chi connectivity index (χ0n) is 8.94. The van der Waals surface area contributed by atoms with Crippen molar-refractivity contribution in [2.75, 3.05) is 6.54 Å². The fraction of sp³-hybridized carbons (Fsp3) is 0.444. The van der Waals surface area contributed by atoms with Crippen LogP contribution in [-0.4, -0.2) is 44.2 Å². The van der Waals surface area contributed by atoms with E-state index in [4.69, 9.17) is 5.11 Å². The van der Waals surface area contributed by atoms with Gasteiger partial charge in [0, 0.05) is 13.1 Å². The lowest BCUT2D eigenvalue weighted by Crippen LogP contribution is -2.45. The van der Waals surface area contributed by atoms with Gasteiger partial charge >= 0.3 is 18.1 Å². The summed E-state index contributed by atoms with van der Waals surface area (Å²) in [4.78, 5) is 26.1. The molecule has 0 spiro atoms. The van der Waals surface area contributed by atoms with Gasteiger partial charge in [-0.15, -0.1) is 0 Å². The second-order valence-electron chi connectivity index (χ2n) is 3.74. The molecule has 0 saturated carbocycles. The van der Waals surface area contributed by atoms with Crippen molar-refractivity contribution in [1.29, 1.82) is 0 Å². The van der Waals surface area contributed by atoms with Gasteiger partial charge in [-0.05, 0) is 0 Å². The van der Waals surface area contributed by atoms with Gasteiger partial charge in [0.25, 0.3) is 0 Å². The molecule has 0 fully saturated rings.